The number of aromatic nitrogens is 1. The molecular formula is C28H30FN3O3. The lowest BCUT2D eigenvalue weighted by Gasteiger charge is -2.33. The minimum Gasteiger partial charge on any atom is -0.494 e. The number of ether oxygens (including phenoxy) is 1. The third-order valence-corrected chi connectivity index (χ3v) is 6.17. The quantitative estimate of drug-likeness (QED) is 0.470. The van der Waals surface area contributed by atoms with Gasteiger partial charge in [-0.25, -0.2) is 4.39 Å². The minimum atomic E-state index is -0.979. The Labute approximate surface area is 205 Å². The molecule has 2 amide bonds. The van der Waals surface area contributed by atoms with Crippen molar-refractivity contribution in [3.8, 4) is 5.75 Å². The first-order valence-corrected chi connectivity index (χ1v) is 12.1. The number of amides is 2. The molecule has 0 unspecified atom stereocenters. The van der Waals surface area contributed by atoms with Crippen molar-refractivity contribution in [2.24, 2.45) is 0 Å². The Morgan fingerprint density at radius 3 is 2.37 bits per heavy atom. The fourth-order valence-corrected chi connectivity index (χ4v) is 4.46. The highest BCUT2D eigenvalue weighted by atomic mass is 19.1. The van der Waals surface area contributed by atoms with Crippen molar-refractivity contribution >= 4 is 17.5 Å². The van der Waals surface area contributed by atoms with Gasteiger partial charge in [-0.15, -0.1) is 0 Å². The van der Waals surface area contributed by atoms with Crippen LogP contribution in [0.25, 0.3) is 0 Å². The van der Waals surface area contributed by atoms with Gasteiger partial charge < -0.3 is 10.1 Å². The summed E-state index contributed by atoms with van der Waals surface area (Å²) in [5.41, 5.74) is 1.22. The predicted octanol–water partition coefficient (Wildman–Crippen LogP) is 5.46. The average molecular weight is 476 g/mol. The van der Waals surface area contributed by atoms with Gasteiger partial charge in [0, 0.05) is 17.9 Å². The van der Waals surface area contributed by atoms with Crippen LogP contribution in [-0.2, 0) is 4.79 Å². The molecule has 1 N–H and O–H groups in total. The second kappa shape index (κ2) is 11.6. The summed E-state index contributed by atoms with van der Waals surface area (Å²) in [4.78, 5) is 33.2. The monoisotopic (exact) mass is 475 g/mol. The number of hydrogen-bond donors (Lipinski definition) is 1. The molecule has 1 heterocycles. The van der Waals surface area contributed by atoms with E-state index in [9.17, 15) is 14.0 Å². The maximum Gasteiger partial charge on any atom is 0.277 e. The van der Waals surface area contributed by atoms with Gasteiger partial charge in [0.05, 0.1) is 6.61 Å². The molecule has 1 fully saturated rings. The summed E-state index contributed by atoms with van der Waals surface area (Å²) >= 11 is 0. The van der Waals surface area contributed by atoms with Gasteiger partial charge >= 0.3 is 0 Å². The summed E-state index contributed by atoms with van der Waals surface area (Å²) in [6.07, 6.45) is 6.64. The molecule has 1 aliphatic carbocycles. The van der Waals surface area contributed by atoms with Crippen LogP contribution in [0.15, 0.2) is 72.9 Å². The highest BCUT2D eigenvalue weighted by Crippen LogP contribution is 2.31. The van der Waals surface area contributed by atoms with Crippen molar-refractivity contribution in [2.75, 3.05) is 11.5 Å². The van der Waals surface area contributed by atoms with Crippen molar-refractivity contribution in [1.82, 2.24) is 10.3 Å². The van der Waals surface area contributed by atoms with Gasteiger partial charge in [-0.3, -0.25) is 19.5 Å². The molecule has 0 saturated heterocycles. The summed E-state index contributed by atoms with van der Waals surface area (Å²) in [5.74, 6) is -0.486. The van der Waals surface area contributed by atoms with Gasteiger partial charge in [0.2, 0.25) is 5.91 Å². The summed E-state index contributed by atoms with van der Waals surface area (Å²) in [5, 5.41) is 3.17. The number of carbonyl (C=O) groups excluding carboxylic acids is 2. The number of pyridine rings is 1. The highest BCUT2D eigenvalue weighted by molar-refractivity contribution is 6.09. The van der Waals surface area contributed by atoms with Crippen molar-refractivity contribution in [1.29, 1.82) is 0 Å². The van der Waals surface area contributed by atoms with E-state index in [2.05, 4.69) is 10.3 Å². The van der Waals surface area contributed by atoms with E-state index < -0.39 is 17.8 Å². The summed E-state index contributed by atoms with van der Waals surface area (Å²) in [7, 11) is 0. The Balaban J connectivity index is 1.78. The van der Waals surface area contributed by atoms with Crippen LogP contribution < -0.4 is 15.0 Å². The Kier molecular flexibility index (Phi) is 8.08. The molecule has 0 aliphatic heterocycles. The van der Waals surface area contributed by atoms with Crippen LogP contribution in [0.1, 0.15) is 61.1 Å². The van der Waals surface area contributed by atoms with Crippen molar-refractivity contribution in [2.45, 2.75) is 51.1 Å². The third-order valence-electron chi connectivity index (χ3n) is 6.17. The molecule has 0 radical (unpaired) electrons. The number of rotatable bonds is 8. The number of hydrogen-bond acceptors (Lipinski definition) is 4. The van der Waals surface area contributed by atoms with Gasteiger partial charge in [-0.1, -0.05) is 37.5 Å². The van der Waals surface area contributed by atoms with Gasteiger partial charge in [0.15, 0.2) is 0 Å². The van der Waals surface area contributed by atoms with E-state index in [1.54, 1.807) is 42.5 Å². The Bertz CT molecular complexity index is 1110. The van der Waals surface area contributed by atoms with E-state index in [-0.39, 0.29) is 17.6 Å². The molecule has 7 heteroatoms. The lowest BCUT2D eigenvalue weighted by molar-refractivity contribution is -0.123. The van der Waals surface area contributed by atoms with E-state index in [0.29, 0.717) is 23.6 Å². The molecule has 182 valence electrons. The first-order chi connectivity index (χ1) is 17.1. The Hall–Kier alpha value is -3.74. The average Bonchev–Trinajstić information content (AvgIpc) is 2.89. The largest absolute Gasteiger partial charge is 0.494 e. The van der Waals surface area contributed by atoms with Crippen LogP contribution in [0.3, 0.4) is 0 Å². The Morgan fingerprint density at radius 2 is 1.74 bits per heavy atom. The number of nitrogens with one attached hydrogen (secondary N) is 1. The zero-order chi connectivity index (χ0) is 24.6. The normalized spacial score (nSPS) is 14.7. The van der Waals surface area contributed by atoms with E-state index in [1.165, 1.54) is 35.4 Å². The number of carbonyl (C=O) groups is 2. The SMILES string of the molecule is CCOc1ccc([C@@H](C(=O)NC2CCCCC2)N(C(=O)c2ccccn2)c2ccc(F)cc2)cc1. The first kappa shape index (κ1) is 24.4. The lowest BCUT2D eigenvalue weighted by Crippen LogP contribution is -2.47. The molecule has 0 bridgehead atoms. The van der Waals surface area contributed by atoms with E-state index >= 15 is 0 Å². The van der Waals surface area contributed by atoms with E-state index in [0.717, 1.165) is 32.1 Å². The summed E-state index contributed by atoms with van der Waals surface area (Å²) < 4.78 is 19.3. The number of nitrogens with zero attached hydrogens (tertiary/aromatic N) is 2. The molecule has 1 saturated carbocycles. The molecule has 6 nitrogen and oxygen atoms in total. The number of anilines is 1. The minimum absolute atomic E-state index is 0.0569. The molecule has 0 spiro atoms. The van der Waals surface area contributed by atoms with Crippen LogP contribution in [-0.4, -0.2) is 29.4 Å². The van der Waals surface area contributed by atoms with Crippen molar-refractivity contribution < 1.29 is 18.7 Å². The highest BCUT2D eigenvalue weighted by Gasteiger charge is 2.35. The lowest BCUT2D eigenvalue weighted by atomic mass is 9.94. The number of benzene rings is 2. The summed E-state index contributed by atoms with van der Waals surface area (Å²) in [6.45, 7) is 2.42. The number of halogens is 1. The van der Waals surface area contributed by atoms with Crippen LogP contribution >= 0.6 is 0 Å². The van der Waals surface area contributed by atoms with Gasteiger partial charge in [0.1, 0.15) is 23.3 Å². The molecule has 4 rings (SSSR count). The van der Waals surface area contributed by atoms with Gasteiger partial charge in [-0.2, -0.15) is 0 Å². The summed E-state index contributed by atoms with van der Waals surface area (Å²) in [6, 6.07) is 16.8. The van der Waals surface area contributed by atoms with Crippen LogP contribution in [0, 0.1) is 5.82 Å². The molecule has 1 atom stereocenters. The molecule has 3 aromatic rings. The van der Waals surface area contributed by atoms with Gasteiger partial charge in [-0.05, 0) is 73.9 Å². The fraction of sp³-hybridized carbons (Fsp3) is 0.321. The maximum absolute atomic E-state index is 13.8. The second-order valence-corrected chi connectivity index (χ2v) is 8.61. The molecule has 2 aromatic carbocycles. The topological polar surface area (TPSA) is 71.5 Å². The molecule has 1 aromatic heterocycles. The zero-order valence-electron chi connectivity index (χ0n) is 19.8. The first-order valence-electron chi connectivity index (χ1n) is 12.1. The van der Waals surface area contributed by atoms with E-state index in [1.807, 2.05) is 6.92 Å². The predicted molar refractivity (Wildman–Crippen MR) is 133 cm³/mol. The standard InChI is InChI=1S/C28H30FN3O3/c1-2-35-24-17-11-20(12-18-24)26(27(33)31-22-8-4-3-5-9-22)32(23-15-13-21(29)14-16-23)28(34)25-10-6-7-19-30-25/h6-7,10-19,22,26H,2-5,8-9H2,1H3,(H,31,33)/t26-/m0/s1. The van der Waals surface area contributed by atoms with Crippen LogP contribution in [0.4, 0.5) is 10.1 Å². The van der Waals surface area contributed by atoms with Gasteiger partial charge in [0.25, 0.3) is 5.91 Å². The fourth-order valence-electron chi connectivity index (χ4n) is 4.46. The molecule has 35 heavy (non-hydrogen) atoms. The third kappa shape index (κ3) is 6.04. The van der Waals surface area contributed by atoms with Crippen LogP contribution in [0.2, 0.25) is 0 Å². The Morgan fingerprint density at radius 1 is 1.03 bits per heavy atom. The second-order valence-electron chi connectivity index (χ2n) is 8.61. The van der Waals surface area contributed by atoms with Crippen molar-refractivity contribution in [3.63, 3.8) is 0 Å². The zero-order valence-corrected chi connectivity index (χ0v) is 19.8. The molecule has 1 aliphatic rings. The maximum atomic E-state index is 13.8. The smallest absolute Gasteiger partial charge is 0.277 e. The van der Waals surface area contributed by atoms with Crippen molar-refractivity contribution in [3.05, 3.63) is 90.0 Å². The molecular weight excluding hydrogens is 445 g/mol. The van der Waals surface area contributed by atoms with Crippen LogP contribution in [0.5, 0.6) is 5.75 Å². The van der Waals surface area contributed by atoms with E-state index in [4.69, 9.17) is 4.74 Å².